The van der Waals surface area contributed by atoms with Crippen molar-refractivity contribution in [3.63, 3.8) is 0 Å². The minimum absolute atomic E-state index is 0. The summed E-state index contributed by atoms with van der Waals surface area (Å²) in [6.07, 6.45) is 0.232. The highest BCUT2D eigenvalue weighted by molar-refractivity contribution is 7.12. The third-order valence-corrected chi connectivity index (χ3v) is 5.71. The first kappa shape index (κ1) is 27.8. The smallest absolute Gasteiger partial charge is 0.266 e. The number of rotatable bonds is 7. The summed E-state index contributed by atoms with van der Waals surface area (Å²) in [6, 6.07) is 21.4. The number of carbonyl (C=O) groups excluding carboxylic acids is 2. The van der Waals surface area contributed by atoms with Gasteiger partial charge >= 0.3 is 0 Å². The van der Waals surface area contributed by atoms with E-state index in [9.17, 15) is 14.7 Å². The molecule has 0 aliphatic heterocycles. The molecule has 0 saturated carbocycles. The maximum Gasteiger partial charge on any atom is 0.266 e. The van der Waals surface area contributed by atoms with Crippen molar-refractivity contribution in [1.29, 1.82) is 0 Å². The van der Waals surface area contributed by atoms with Crippen LogP contribution >= 0.6 is 36.2 Å². The molecule has 0 unspecified atom stereocenters. The number of anilines is 2. The van der Waals surface area contributed by atoms with Crippen molar-refractivity contribution in [2.75, 3.05) is 17.2 Å². The number of benzene rings is 2. The number of phenolic OH excluding ortho intramolecular Hbond substituents is 1. The molecule has 0 aliphatic rings. The molecule has 4 rings (SSSR count). The third kappa shape index (κ3) is 7.03. The summed E-state index contributed by atoms with van der Waals surface area (Å²) in [7, 11) is 0. The molecule has 2 amide bonds. The van der Waals surface area contributed by atoms with Gasteiger partial charge in [0.2, 0.25) is 5.91 Å². The molecule has 0 atom stereocenters. The van der Waals surface area contributed by atoms with Gasteiger partial charge in [-0.1, -0.05) is 30.3 Å². The lowest BCUT2D eigenvalue weighted by Gasteiger charge is -2.12. The number of phenols is 1. The zero-order valence-corrected chi connectivity index (χ0v) is 20.9. The van der Waals surface area contributed by atoms with Gasteiger partial charge in [-0.25, -0.2) is 4.98 Å². The number of aromatic nitrogens is 1. The Hall–Kier alpha value is -3.43. The van der Waals surface area contributed by atoms with Crippen molar-refractivity contribution in [2.45, 2.75) is 6.42 Å². The van der Waals surface area contributed by atoms with E-state index in [-0.39, 0.29) is 55.3 Å². The van der Waals surface area contributed by atoms with E-state index < -0.39 is 0 Å². The highest BCUT2D eigenvalue weighted by atomic mass is 35.5. The number of hydrogen-bond acceptors (Lipinski definition) is 6. The van der Waals surface area contributed by atoms with Gasteiger partial charge in [-0.2, -0.15) is 0 Å². The van der Waals surface area contributed by atoms with Crippen LogP contribution in [0.25, 0.3) is 22.4 Å². The SMILES string of the molecule is Cl.Cl.NCCC(=O)Nc1cccc(-c2cc(NC(=O)c3cccs3)nc(-c3ccccc3O)c2)c1. The van der Waals surface area contributed by atoms with Gasteiger partial charge in [-0.15, -0.1) is 36.2 Å². The molecule has 0 fully saturated rings. The van der Waals surface area contributed by atoms with Crippen LogP contribution < -0.4 is 16.4 Å². The van der Waals surface area contributed by atoms with Crippen LogP contribution in [0.1, 0.15) is 16.1 Å². The van der Waals surface area contributed by atoms with E-state index in [0.717, 1.165) is 11.1 Å². The zero-order valence-electron chi connectivity index (χ0n) is 18.4. The average molecular weight is 531 g/mol. The molecule has 0 bridgehead atoms. The molecule has 0 aliphatic carbocycles. The van der Waals surface area contributed by atoms with E-state index in [4.69, 9.17) is 5.73 Å². The average Bonchev–Trinajstić information content (AvgIpc) is 3.35. The molecule has 0 spiro atoms. The molecular formula is C25H24Cl2N4O3S. The minimum atomic E-state index is -0.263. The number of pyridine rings is 1. The number of nitrogens with two attached hydrogens (primary N) is 1. The Bertz CT molecular complexity index is 1300. The van der Waals surface area contributed by atoms with E-state index in [0.29, 0.717) is 27.6 Å². The first-order valence-electron chi connectivity index (χ1n) is 10.3. The number of halogens is 2. The van der Waals surface area contributed by atoms with E-state index in [1.807, 2.05) is 29.6 Å². The molecule has 182 valence electrons. The number of thiophene rings is 1. The van der Waals surface area contributed by atoms with Gasteiger partial charge in [-0.3, -0.25) is 9.59 Å². The largest absolute Gasteiger partial charge is 0.507 e. The molecular weight excluding hydrogens is 507 g/mol. The molecule has 0 radical (unpaired) electrons. The van der Waals surface area contributed by atoms with Crippen LogP contribution in [0.3, 0.4) is 0 Å². The summed E-state index contributed by atoms with van der Waals surface area (Å²) in [5, 5.41) is 17.9. The lowest BCUT2D eigenvalue weighted by molar-refractivity contribution is -0.116. The highest BCUT2D eigenvalue weighted by Gasteiger charge is 2.14. The molecule has 35 heavy (non-hydrogen) atoms. The fourth-order valence-corrected chi connectivity index (χ4v) is 3.93. The van der Waals surface area contributed by atoms with Gasteiger partial charge in [-0.05, 0) is 59.0 Å². The summed E-state index contributed by atoms with van der Waals surface area (Å²) in [6.45, 7) is 0.271. The van der Waals surface area contributed by atoms with Crippen molar-refractivity contribution in [3.8, 4) is 28.1 Å². The minimum Gasteiger partial charge on any atom is -0.507 e. The fourth-order valence-electron chi connectivity index (χ4n) is 3.31. The monoisotopic (exact) mass is 530 g/mol. The predicted octanol–water partition coefficient (Wildman–Crippen LogP) is 5.57. The zero-order chi connectivity index (χ0) is 23.2. The molecule has 2 heterocycles. The van der Waals surface area contributed by atoms with Crippen LogP contribution in [-0.2, 0) is 4.79 Å². The Morgan fingerprint density at radius 2 is 1.71 bits per heavy atom. The predicted molar refractivity (Wildman–Crippen MR) is 146 cm³/mol. The highest BCUT2D eigenvalue weighted by Crippen LogP contribution is 2.33. The number of para-hydroxylation sites is 1. The summed E-state index contributed by atoms with van der Waals surface area (Å²) in [5.74, 6) is 0.00561. The molecule has 10 heteroatoms. The number of carbonyl (C=O) groups is 2. The lowest BCUT2D eigenvalue weighted by atomic mass is 10.0. The standard InChI is InChI=1S/C25H22N4O3S.2ClH/c26-11-10-24(31)27-18-6-3-5-16(13-18)17-14-20(19-7-1-2-8-21(19)30)28-23(15-17)29-25(32)22-9-4-12-33-22;;/h1-9,12-15,30H,10-11,26H2,(H,27,31)(H,28,29,32);2*1H. The van der Waals surface area contributed by atoms with Gasteiger partial charge in [0.15, 0.2) is 0 Å². The van der Waals surface area contributed by atoms with Gasteiger partial charge in [0.05, 0.1) is 10.6 Å². The van der Waals surface area contributed by atoms with Crippen molar-refractivity contribution in [3.05, 3.63) is 83.1 Å². The molecule has 2 aromatic carbocycles. The van der Waals surface area contributed by atoms with Gasteiger partial charge < -0.3 is 21.5 Å². The molecule has 7 nitrogen and oxygen atoms in total. The first-order chi connectivity index (χ1) is 16.0. The normalized spacial score (nSPS) is 9.97. The molecule has 4 aromatic rings. The van der Waals surface area contributed by atoms with Crippen LogP contribution in [0.4, 0.5) is 11.5 Å². The van der Waals surface area contributed by atoms with Crippen molar-refractivity contribution >= 4 is 59.5 Å². The Morgan fingerprint density at radius 1 is 0.914 bits per heavy atom. The Labute approximate surface area is 219 Å². The fraction of sp³-hybridized carbons (Fsp3) is 0.0800. The summed E-state index contributed by atoms with van der Waals surface area (Å²) in [5.41, 5.74) is 8.71. The molecule has 2 aromatic heterocycles. The van der Waals surface area contributed by atoms with E-state index in [2.05, 4.69) is 15.6 Å². The second-order valence-corrected chi connectivity index (χ2v) is 8.19. The summed E-state index contributed by atoms with van der Waals surface area (Å²) in [4.78, 5) is 29.7. The van der Waals surface area contributed by atoms with Crippen LogP contribution in [0.5, 0.6) is 5.75 Å². The van der Waals surface area contributed by atoms with Gasteiger partial charge in [0.1, 0.15) is 11.6 Å². The molecule has 5 N–H and O–H groups in total. The lowest BCUT2D eigenvalue weighted by Crippen LogP contribution is -2.16. The second kappa shape index (κ2) is 12.9. The van der Waals surface area contributed by atoms with Crippen LogP contribution in [0.15, 0.2) is 78.2 Å². The Balaban J connectivity index is 0.00000216. The molecule has 0 saturated heterocycles. The maximum atomic E-state index is 12.6. The number of hydrogen-bond donors (Lipinski definition) is 4. The second-order valence-electron chi connectivity index (χ2n) is 7.24. The van der Waals surface area contributed by atoms with Gasteiger partial charge in [0, 0.05) is 24.2 Å². The Kier molecular flexibility index (Phi) is 10.2. The van der Waals surface area contributed by atoms with E-state index >= 15 is 0 Å². The number of amides is 2. The third-order valence-electron chi connectivity index (χ3n) is 4.84. The summed E-state index contributed by atoms with van der Waals surface area (Å²) < 4.78 is 0. The van der Waals surface area contributed by atoms with Crippen molar-refractivity contribution in [2.24, 2.45) is 5.73 Å². The van der Waals surface area contributed by atoms with Crippen LogP contribution in [0, 0.1) is 0 Å². The van der Waals surface area contributed by atoms with E-state index in [1.165, 1.54) is 11.3 Å². The quantitative estimate of drug-likeness (QED) is 0.249. The van der Waals surface area contributed by atoms with Gasteiger partial charge in [0.25, 0.3) is 5.91 Å². The van der Waals surface area contributed by atoms with Crippen molar-refractivity contribution in [1.82, 2.24) is 4.98 Å². The van der Waals surface area contributed by atoms with Crippen molar-refractivity contribution < 1.29 is 14.7 Å². The topological polar surface area (TPSA) is 117 Å². The number of nitrogens with one attached hydrogen (secondary N) is 2. The number of aromatic hydroxyl groups is 1. The summed E-state index contributed by atoms with van der Waals surface area (Å²) >= 11 is 1.34. The Morgan fingerprint density at radius 3 is 2.43 bits per heavy atom. The first-order valence-corrected chi connectivity index (χ1v) is 11.2. The maximum absolute atomic E-state index is 12.6. The van der Waals surface area contributed by atoms with Crippen LogP contribution in [0.2, 0.25) is 0 Å². The number of nitrogens with zero attached hydrogens (tertiary/aromatic N) is 1. The van der Waals surface area contributed by atoms with E-state index in [1.54, 1.807) is 48.5 Å². The van der Waals surface area contributed by atoms with Crippen LogP contribution in [-0.4, -0.2) is 28.4 Å².